The van der Waals surface area contributed by atoms with Gasteiger partial charge in [-0.2, -0.15) is 4.98 Å². The Hall–Kier alpha value is -1.43. The second-order valence-corrected chi connectivity index (χ2v) is 8.54. The molecule has 130 valence electrons. The van der Waals surface area contributed by atoms with Gasteiger partial charge in [-0.05, 0) is 69.1 Å². The number of methoxy groups -OCH3 is 1. The first-order valence-electron chi connectivity index (χ1n) is 9.44. The Kier molecular flexibility index (Phi) is 3.27. The molecule has 0 saturated heterocycles. The summed E-state index contributed by atoms with van der Waals surface area (Å²) < 4.78 is 7.40. The number of rotatable bonds is 3. The van der Waals surface area contributed by atoms with Crippen molar-refractivity contribution >= 4 is 11.9 Å². The number of anilines is 1. The molecule has 1 aromatic heterocycles. The molecule has 4 aliphatic carbocycles. The van der Waals surface area contributed by atoms with Gasteiger partial charge in [0.1, 0.15) is 6.10 Å². The minimum Gasteiger partial charge on any atom is -0.373 e. The molecule has 4 fully saturated rings. The van der Waals surface area contributed by atoms with Crippen LogP contribution in [0.5, 0.6) is 0 Å². The van der Waals surface area contributed by atoms with Gasteiger partial charge >= 0.3 is 0 Å². The van der Waals surface area contributed by atoms with E-state index in [0.29, 0.717) is 5.95 Å². The van der Waals surface area contributed by atoms with Crippen LogP contribution < -0.4 is 5.32 Å². The minimum absolute atomic E-state index is 0.00329. The first-order chi connectivity index (χ1) is 11.6. The van der Waals surface area contributed by atoms with Crippen LogP contribution in [0.4, 0.5) is 5.95 Å². The van der Waals surface area contributed by atoms with Gasteiger partial charge in [0.2, 0.25) is 11.9 Å². The Bertz CT molecular complexity index is 633. The van der Waals surface area contributed by atoms with Crippen molar-refractivity contribution in [2.45, 2.75) is 64.0 Å². The first kappa shape index (κ1) is 14.9. The van der Waals surface area contributed by atoms with Crippen LogP contribution in [0.1, 0.15) is 63.3 Å². The Labute approximate surface area is 142 Å². The monoisotopic (exact) mass is 330 g/mol. The Morgan fingerprint density at radius 1 is 1.21 bits per heavy atom. The highest BCUT2D eigenvalue weighted by Gasteiger charge is 2.54. The van der Waals surface area contributed by atoms with Crippen LogP contribution >= 0.6 is 0 Å². The summed E-state index contributed by atoms with van der Waals surface area (Å²) in [6.45, 7) is 0.857. The number of amides is 1. The summed E-state index contributed by atoms with van der Waals surface area (Å²) in [6.07, 6.45) is 9.25. The topological polar surface area (TPSA) is 69.0 Å². The van der Waals surface area contributed by atoms with Crippen molar-refractivity contribution in [3.05, 3.63) is 5.82 Å². The lowest BCUT2D eigenvalue weighted by Crippen LogP contribution is -2.51. The predicted molar refractivity (Wildman–Crippen MR) is 88.2 cm³/mol. The maximum Gasteiger partial charge on any atom is 0.249 e. The fraction of sp³-hybridized carbons (Fsp3) is 0.833. The number of carbonyl (C=O) groups excluding carboxylic acids is 1. The molecular formula is C18H26N4O2. The van der Waals surface area contributed by atoms with E-state index >= 15 is 0 Å². The van der Waals surface area contributed by atoms with Crippen LogP contribution in [-0.4, -0.2) is 27.8 Å². The van der Waals surface area contributed by atoms with Crippen LogP contribution in [0.15, 0.2) is 0 Å². The highest BCUT2D eigenvalue weighted by Crippen LogP contribution is 2.60. The molecule has 1 N–H and O–H groups in total. The van der Waals surface area contributed by atoms with Crippen molar-refractivity contribution in [1.29, 1.82) is 0 Å². The van der Waals surface area contributed by atoms with Gasteiger partial charge < -0.3 is 4.74 Å². The standard InChI is InChI=1S/C18H26N4O2/c1-24-14-3-2-4-22-15(14)19-17(21-22)20-16(23)18-8-11-5-12(9-18)7-13(6-11)10-18/h11-14H,2-10H2,1H3,(H,20,21,23). The Morgan fingerprint density at radius 2 is 1.88 bits per heavy atom. The number of carbonyl (C=O) groups is 1. The summed E-state index contributed by atoms with van der Waals surface area (Å²) in [5.74, 6) is 3.78. The number of aromatic nitrogens is 3. The summed E-state index contributed by atoms with van der Waals surface area (Å²) in [6, 6.07) is 0. The second kappa shape index (κ2) is 5.28. The molecule has 6 heteroatoms. The first-order valence-corrected chi connectivity index (χ1v) is 9.44. The van der Waals surface area contributed by atoms with E-state index in [1.165, 1.54) is 19.3 Å². The lowest BCUT2D eigenvalue weighted by Gasteiger charge is -2.55. The van der Waals surface area contributed by atoms with E-state index in [1.807, 2.05) is 4.68 Å². The number of fused-ring (bicyclic) bond motifs is 1. The van der Waals surface area contributed by atoms with E-state index in [1.54, 1.807) is 7.11 Å². The lowest BCUT2D eigenvalue weighted by atomic mass is 9.49. The van der Waals surface area contributed by atoms with Gasteiger partial charge in [0.15, 0.2) is 5.82 Å². The third-order valence-corrected chi connectivity index (χ3v) is 6.85. The smallest absolute Gasteiger partial charge is 0.249 e. The van der Waals surface area contributed by atoms with E-state index in [4.69, 9.17) is 4.74 Å². The fourth-order valence-electron chi connectivity index (χ4n) is 6.21. The molecule has 1 atom stereocenters. The normalized spacial score (nSPS) is 39.7. The molecule has 4 bridgehead atoms. The third kappa shape index (κ3) is 2.22. The molecule has 0 aromatic carbocycles. The maximum atomic E-state index is 13.1. The Morgan fingerprint density at radius 3 is 2.50 bits per heavy atom. The van der Waals surface area contributed by atoms with Gasteiger partial charge in [-0.15, -0.1) is 5.10 Å². The number of nitrogens with one attached hydrogen (secondary N) is 1. The summed E-state index contributed by atoms with van der Waals surface area (Å²) in [5, 5.41) is 7.57. The molecule has 6 rings (SSSR count). The summed E-state index contributed by atoms with van der Waals surface area (Å²) in [5.41, 5.74) is -0.152. The molecule has 1 aromatic rings. The minimum atomic E-state index is -0.152. The van der Waals surface area contributed by atoms with E-state index in [2.05, 4.69) is 15.4 Å². The average molecular weight is 330 g/mol. The molecule has 24 heavy (non-hydrogen) atoms. The van der Waals surface area contributed by atoms with Crippen LogP contribution in [0.3, 0.4) is 0 Å². The van der Waals surface area contributed by atoms with Gasteiger partial charge in [-0.25, -0.2) is 4.68 Å². The van der Waals surface area contributed by atoms with Crippen molar-refractivity contribution in [2.24, 2.45) is 23.2 Å². The molecular weight excluding hydrogens is 304 g/mol. The summed E-state index contributed by atoms with van der Waals surface area (Å²) in [7, 11) is 1.71. The molecule has 5 aliphatic rings. The van der Waals surface area contributed by atoms with E-state index < -0.39 is 0 Å². The second-order valence-electron chi connectivity index (χ2n) is 8.54. The van der Waals surface area contributed by atoms with E-state index in [9.17, 15) is 4.79 Å². The van der Waals surface area contributed by atoms with Gasteiger partial charge in [0, 0.05) is 13.7 Å². The highest BCUT2D eigenvalue weighted by molar-refractivity contribution is 5.94. The summed E-state index contributed by atoms with van der Waals surface area (Å²) >= 11 is 0. The number of ether oxygens (including phenoxy) is 1. The molecule has 1 aliphatic heterocycles. The fourth-order valence-corrected chi connectivity index (χ4v) is 6.21. The van der Waals surface area contributed by atoms with Crippen LogP contribution in [0.25, 0.3) is 0 Å². The molecule has 2 heterocycles. The van der Waals surface area contributed by atoms with Crippen molar-refractivity contribution in [2.75, 3.05) is 12.4 Å². The number of hydrogen-bond donors (Lipinski definition) is 1. The molecule has 1 unspecified atom stereocenters. The van der Waals surface area contributed by atoms with Crippen molar-refractivity contribution in [3.8, 4) is 0 Å². The van der Waals surface area contributed by atoms with Gasteiger partial charge in [0.05, 0.1) is 5.41 Å². The molecule has 1 amide bonds. The van der Waals surface area contributed by atoms with Gasteiger partial charge in [0.25, 0.3) is 0 Å². The zero-order chi connectivity index (χ0) is 16.3. The van der Waals surface area contributed by atoms with Crippen molar-refractivity contribution < 1.29 is 9.53 Å². The molecule has 0 spiro atoms. The predicted octanol–water partition coefficient (Wildman–Crippen LogP) is 2.91. The third-order valence-electron chi connectivity index (χ3n) is 6.85. The summed E-state index contributed by atoms with van der Waals surface area (Å²) in [4.78, 5) is 17.7. The molecule has 4 saturated carbocycles. The number of aryl methyl sites for hydroxylation is 1. The van der Waals surface area contributed by atoms with Crippen LogP contribution in [0.2, 0.25) is 0 Å². The van der Waals surface area contributed by atoms with E-state index in [0.717, 1.165) is 62.2 Å². The SMILES string of the molecule is COC1CCCn2nc(NC(=O)C34CC5CC(CC(C5)C3)C4)nc21. The quantitative estimate of drug-likeness (QED) is 0.925. The van der Waals surface area contributed by atoms with E-state index in [-0.39, 0.29) is 17.4 Å². The van der Waals surface area contributed by atoms with Gasteiger partial charge in [-0.3, -0.25) is 10.1 Å². The van der Waals surface area contributed by atoms with Crippen LogP contribution in [-0.2, 0) is 16.1 Å². The number of nitrogens with zero attached hydrogens (tertiary/aromatic N) is 3. The highest BCUT2D eigenvalue weighted by atomic mass is 16.5. The molecule has 6 nitrogen and oxygen atoms in total. The van der Waals surface area contributed by atoms with Crippen molar-refractivity contribution in [1.82, 2.24) is 14.8 Å². The lowest BCUT2D eigenvalue weighted by molar-refractivity contribution is -0.140. The Balaban J connectivity index is 1.37. The average Bonchev–Trinajstić information content (AvgIpc) is 2.95. The zero-order valence-electron chi connectivity index (χ0n) is 14.3. The number of hydrogen-bond acceptors (Lipinski definition) is 4. The largest absolute Gasteiger partial charge is 0.373 e. The van der Waals surface area contributed by atoms with Crippen LogP contribution in [0, 0.1) is 23.2 Å². The van der Waals surface area contributed by atoms with Crippen molar-refractivity contribution in [3.63, 3.8) is 0 Å². The zero-order valence-corrected chi connectivity index (χ0v) is 14.3. The maximum absolute atomic E-state index is 13.1. The van der Waals surface area contributed by atoms with Gasteiger partial charge in [-0.1, -0.05) is 0 Å². The molecule has 0 radical (unpaired) electrons.